The highest BCUT2D eigenvalue weighted by molar-refractivity contribution is 5.96. The van der Waals surface area contributed by atoms with Crippen LogP contribution in [-0.4, -0.2) is 78.4 Å². The van der Waals surface area contributed by atoms with Gasteiger partial charge in [0.25, 0.3) is 5.91 Å². The molecule has 1 saturated heterocycles. The fourth-order valence-corrected chi connectivity index (χ4v) is 3.31. The lowest BCUT2D eigenvalue weighted by Crippen LogP contribution is -2.51. The summed E-state index contributed by atoms with van der Waals surface area (Å²) >= 11 is 0. The molecule has 0 atom stereocenters. The van der Waals surface area contributed by atoms with E-state index < -0.39 is 0 Å². The molecule has 1 N–H and O–H groups in total. The number of nitrogens with one attached hydrogen (secondary N) is 1. The van der Waals surface area contributed by atoms with Crippen LogP contribution < -0.4 is 5.32 Å². The highest BCUT2D eigenvalue weighted by Crippen LogP contribution is 2.19. The monoisotopic (exact) mass is 401 g/mol. The van der Waals surface area contributed by atoms with E-state index >= 15 is 0 Å². The SMILES string of the molecule is CC(C)CCNC(=O)N1CCN(Cc2nc3cc(C(=O)N(C)C)ccc3o2)CC1. The molecule has 0 spiro atoms. The fraction of sp³-hybridized carbons (Fsp3) is 0.571. The smallest absolute Gasteiger partial charge is 0.317 e. The molecule has 0 saturated carbocycles. The van der Waals surface area contributed by atoms with Gasteiger partial charge >= 0.3 is 6.03 Å². The maximum Gasteiger partial charge on any atom is 0.317 e. The molecule has 8 nitrogen and oxygen atoms in total. The molecule has 3 rings (SSSR count). The summed E-state index contributed by atoms with van der Waals surface area (Å²) in [7, 11) is 3.45. The molecule has 1 aliphatic heterocycles. The van der Waals surface area contributed by atoms with Gasteiger partial charge in [0.05, 0.1) is 6.54 Å². The van der Waals surface area contributed by atoms with Gasteiger partial charge in [0.2, 0.25) is 5.89 Å². The van der Waals surface area contributed by atoms with Crippen molar-refractivity contribution in [1.82, 2.24) is 25.0 Å². The molecule has 2 aromatic rings. The average Bonchev–Trinajstić information content (AvgIpc) is 3.08. The summed E-state index contributed by atoms with van der Waals surface area (Å²) in [4.78, 5) is 34.5. The predicted molar refractivity (Wildman–Crippen MR) is 112 cm³/mol. The first kappa shape index (κ1) is 21.1. The van der Waals surface area contributed by atoms with Crippen molar-refractivity contribution < 1.29 is 14.0 Å². The van der Waals surface area contributed by atoms with Gasteiger partial charge in [0, 0.05) is 52.4 Å². The van der Waals surface area contributed by atoms with Gasteiger partial charge in [-0.15, -0.1) is 0 Å². The molecule has 29 heavy (non-hydrogen) atoms. The standard InChI is InChI=1S/C21H31N5O3/c1-15(2)7-8-22-21(28)26-11-9-25(10-12-26)14-19-23-17-13-16(20(27)24(3)4)5-6-18(17)29-19/h5-6,13,15H,7-12,14H2,1-4H3,(H,22,28). The quantitative estimate of drug-likeness (QED) is 0.804. The van der Waals surface area contributed by atoms with Crippen LogP contribution in [-0.2, 0) is 6.54 Å². The second-order valence-electron chi connectivity index (χ2n) is 8.17. The number of benzene rings is 1. The Hall–Kier alpha value is -2.61. The third-order valence-electron chi connectivity index (χ3n) is 5.10. The molecule has 158 valence electrons. The van der Waals surface area contributed by atoms with Gasteiger partial charge in [-0.05, 0) is 30.5 Å². The number of hydrogen-bond donors (Lipinski definition) is 1. The van der Waals surface area contributed by atoms with Crippen LogP contribution in [0.3, 0.4) is 0 Å². The number of aromatic nitrogens is 1. The van der Waals surface area contributed by atoms with E-state index in [-0.39, 0.29) is 11.9 Å². The molecular formula is C21H31N5O3. The zero-order valence-corrected chi connectivity index (χ0v) is 17.8. The number of urea groups is 1. The molecule has 3 amide bonds. The Morgan fingerprint density at radius 3 is 2.59 bits per heavy atom. The number of nitrogens with zero attached hydrogens (tertiary/aromatic N) is 4. The number of fused-ring (bicyclic) bond motifs is 1. The summed E-state index contributed by atoms with van der Waals surface area (Å²) < 4.78 is 5.85. The lowest BCUT2D eigenvalue weighted by atomic mass is 10.1. The van der Waals surface area contributed by atoms with Crippen LogP contribution in [0.5, 0.6) is 0 Å². The van der Waals surface area contributed by atoms with Crippen molar-refractivity contribution >= 4 is 23.0 Å². The Morgan fingerprint density at radius 1 is 1.21 bits per heavy atom. The first-order valence-corrected chi connectivity index (χ1v) is 10.2. The fourth-order valence-electron chi connectivity index (χ4n) is 3.31. The molecule has 1 aromatic carbocycles. The Labute approximate surface area is 171 Å². The van der Waals surface area contributed by atoms with E-state index in [1.807, 2.05) is 4.90 Å². The van der Waals surface area contributed by atoms with Crippen LogP contribution in [0, 0.1) is 5.92 Å². The van der Waals surface area contributed by atoms with E-state index in [0.717, 1.165) is 26.1 Å². The molecule has 1 aliphatic rings. The summed E-state index contributed by atoms with van der Waals surface area (Å²) in [6.45, 7) is 8.55. The highest BCUT2D eigenvalue weighted by atomic mass is 16.3. The normalized spacial score (nSPS) is 15.1. The van der Waals surface area contributed by atoms with Crippen molar-refractivity contribution in [3.8, 4) is 0 Å². The maximum atomic E-state index is 12.2. The zero-order valence-electron chi connectivity index (χ0n) is 17.8. The highest BCUT2D eigenvalue weighted by Gasteiger charge is 2.22. The number of carbonyl (C=O) groups is 2. The minimum Gasteiger partial charge on any atom is -0.439 e. The van der Waals surface area contributed by atoms with Crippen LogP contribution in [0.2, 0.25) is 0 Å². The lowest BCUT2D eigenvalue weighted by molar-refractivity contribution is 0.0827. The summed E-state index contributed by atoms with van der Waals surface area (Å²) in [6.07, 6.45) is 0.991. The molecule has 0 unspecified atom stereocenters. The third-order valence-corrected chi connectivity index (χ3v) is 5.10. The third kappa shape index (κ3) is 5.47. The van der Waals surface area contributed by atoms with Crippen LogP contribution in [0.1, 0.15) is 36.5 Å². The van der Waals surface area contributed by atoms with Crippen molar-refractivity contribution in [1.29, 1.82) is 0 Å². The number of rotatable bonds is 6. The number of hydrogen-bond acceptors (Lipinski definition) is 5. The van der Waals surface area contributed by atoms with Crippen molar-refractivity contribution in [2.75, 3.05) is 46.8 Å². The van der Waals surface area contributed by atoms with Gasteiger partial charge < -0.3 is 19.5 Å². The molecule has 8 heteroatoms. The van der Waals surface area contributed by atoms with Crippen LogP contribution in [0.4, 0.5) is 4.79 Å². The molecule has 0 radical (unpaired) electrons. The summed E-state index contributed by atoms with van der Waals surface area (Å²) in [5.41, 5.74) is 1.97. The largest absolute Gasteiger partial charge is 0.439 e. The number of oxazole rings is 1. The van der Waals surface area contributed by atoms with Crippen molar-refractivity contribution in [2.24, 2.45) is 5.92 Å². The van der Waals surface area contributed by atoms with Gasteiger partial charge in [-0.1, -0.05) is 13.8 Å². The Bertz CT molecular complexity index is 853. The molecule has 1 fully saturated rings. The van der Waals surface area contributed by atoms with Crippen LogP contribution in [0.15, 0.2) is 22.6 Å². The molecule has 2 heterocycles. The van der Waals surface area contributed by atoms with E-state index in [0.29, 0.717) is 48.1 Å². The van der Waals surface area contributed by atoms with Gasteiger partial charge in [0.15, 0.2) is 5.58 Å². The van der Waals surface area contributed by atoms with Gasteiger partial charge in [-0.25, -0.2) is 9.78 Å². The number of amides is 3. The molecule has 0 bridgehead atoms. The van der Waals surface area contributed by atoms with E-state index in [2.05, 4.69) is 29.0 Å². The van der Waals surface area contributed by atoms with Gasteiger partial charge in [-0.3, -0.25) is 9.69 Å². The van der Waals surface area contributed by atoms with Crippen molar-refractivity contribution in [2.45, 2.75) is 26.8 Å². The van der Waals surface area contributed by atoms with Crippen molar-refractivity contribution in [3.63, 3.8) is 0 Å². The summed E-state index contributed by atoms with van der Waals surface area (Å²) in [5, 5.41) is 2.99. The van der Waals surface area contributed by atoms with E-state index in [9.17, 15) is 9.59 Å². The maximum absolute atomic E-state index is 12.2. The van der Waals surface area contributed by atoms with Crippen LogP contribution in [0.25, 0.3) is 11.1 Å². The number of piperazine rings is 1. The molecule has 1 aromatic heterocycles. The van der Waals surface area contributed by atoms with E-state index in [1.165, 1.54) is 0 Å². The average molecular weight is 402 g/mol. The second-order valence-corrected chi connectivity index (χ2v) is 8.17. The van der Waals surface area contributed by atoms with Crippen LogP contribution >= 0.6 is 0 Å². The minimum atomic E-state index is -0.0563. The molecular weight excluding hydrogens is 370 g/mol. The summed E-state index contributed by atoms with van der Waals surface area (Å²) in [5.74, 6) is 1.16. The Morgan fingerprint density at radius 2 is 1.93 bits per heavy atom. The minimum absolute atomic E-state index is 0.0188. The summed E-state index contributed by atoms with van der Waals surface area (Å²) in [6, 6.07) is 5.34. The van der Waals surface area contributed by atoms with Gasteiger partial charge in [-0.2, -0.15) is 0 Å². The zero-order chi connectivity index (χ0) is 21.0. The topological polar surface area (TPSA) is 81.9 Å². The molecule has 0 aliphatic carbocycles. The number of carbonyl (C=O) groups excluding carboxylic acids is 2. The Kier molecular flexibility index (Phi) is 6.74. The van der Waals surface area contributed by atoms with E-state index in [1.54, 1.807) is 37.2 Å². The van der Waals surface area contributed by atoms with Crippen molar-refractivity contribution in [3.05, 3.63) is 29.7 Å². The second kappa shape index (κ2) is 9.26. The van der Waals surface area contributed by atoms with Gasteiger partial charge in [0.1, 0.15) is 5.52 Å². The predicted octanol–water partition coefficient (Wildman–Crippen LogP) is 2.40. The first-order valence-electron chi connectivity index (χ1n) is 10.2. The first-order chi connectivity index (χ1) is 13.8. The van der Waals surface area contributed by atoms with E-state index in [4.69, 9.17) is 4.42 Å². The lowest BCUT2D eigenvalue weighted by Gasteiger charge is -2.34. The Balaban J connectivity index is 1.53.